The van der Waals surface area contributed by atoms with E-state index in [9.17, 15) is 0 Å². The van der Waals surface area contributed by atoms with E-state index in [0.29, 0.717) is 11.9 Å². The van der Waals surface area contributed by atoms with Crippen molar-refractivity contribution >= 4 is 17.5 Å². The van der Waals surface area contributed by atoms with Crippen LogP contribution >= 0.6 is 11.6 Å². The fourth-order valence-electron chi connectivity index (χ4n) is 2.22. The summed E-state index contributed by atoms with van der Waals surface area (Å²) in [5.74, 6) is 1.03. The van der Waals surface area contributed by atoms with Gasteiger partial charge in [0, 0.05) is 19.7 Å². The van der Waals surface area contributed by atoms with Crippen molar-refractivity contribution in [3.05, 3.63) is 5.28 Å². The number of ether oxygens (including phenoxy) is 1. The SMILES string of the molecule is COc1nc(Cl)nc(N2CCCC(CCO)C2)n1. The number of anilines is 1. The van der Waals surface area contributed by atoms with Gasteiger partial charge in [0.1, 0.15) is 0 Å². The average molecular weight is 273 g/mol. The summed E-state index contributed by atoms with van der Waals surface area (Å²) in [6.07, 6.45) is 3.01. The molecule has 0 aromatic carbocycles. The number of aromatic nitrogens is 3. The molecule has 2 rings (SSSR count). The van der Waals surface area contributed by atoms with Gasteiger partial charge in [-0.15, -0.1) is 0 Å². The summed E-state index contributed by atoms with van der Waals surface area (Å²) in [5, 5.41) is 9.14. The summed E-state index contributed by atoms with van der Waals surface area (Å²) in [6.45, 7) is 1.95. The predicted octanol–water partition coefficient (Wildman–Crippen LogP) is 1.13. The lowest BCUT2D eigenvalue weighted by molar-refractivity contribution is 0.243. The highest BCUT2D eigenvalue weighted by molar-refractivity contribution is 6.28. The third-order valence-corrected chi connectivity index (χ3v) is 3.27. The van der Waals surface area contributed by atoms with Crippen molar-refractivity contribution in [2.24, 2.45) is 5.92 Å². The Bertz CT molecular complexity index is 403. The first-order chi connectivity index (χ1) is 8.72. The van der Waals surface area contributed by atoms with Gasteiger partial charge in [0.25, 0.3) is 0 Å². The van der Waals surface area contributed by atoms with Crippen LogP contribution in [0.4, 0.5) is 5.95 Å². The minimum Gasteiger partial charge on any atom is -0.467 e. The summed E-state index contributed by atoms with van der Waals surface area (Å²) in [6, 6.07) is 0.231. The Labute approximate surface area is 111 Å². The van der Waals surface area contributed by atoms with E-state index in [0.717, 1.165) is 32.4 Å². The lowest BCUT2D eigenvalue weighted by atomic mass is 9.95. The van der Waals surface area contributed by atoms with Crippen LogP contribution in [-0.4, -0.2) is 46.9 Å². The Morgan fingerprint density at radius 3 is 3.00 bits per heavy atom. The Hall–Kier alpha value is -1.14. The average Bonchev–Trinajstić information content (AvgIpc) is 2.39. The molecule has 6 nitrogen and oxygen atoms in total. The molecule has 0 bridgehead atoms. The molecule has 0 aliphatic carbocycles. The number of hydrogen-bond acceptors (Lipinski definition) is 6. The molecule has 1 aliphatic heterocycles. The van der Waals surface area contributed by atoms with E-state index in [4.69, 9.17) is 21.4 Å². The van der Waals surface area contributed by atoms with Crippen LogP contribution < -0.4 is 9.64 Å². The Kier molecular flexibility index (Phi) is 4.54. The van der Waals surface area contributed by atoms with Crippen LogP contribution in [0.2, 0.25) is 5.28 Å². The van der Waals surface area contributed by atoms with Crippen LogP contribution in [0, 0.1) is 5.92 Å². The van der Waals surface area contributed by atoms with Crippen LogP contribution in [0.1, 0.15) is 19.3 Å². The summed E-state index contributed by atoms with van der Waals surface area (Å²) in [4.78, 5) is 14.3. The van der Waals surface area contributed by atoms with Crippen LogP contribution in [-0.2, 0) is 0 Å². The second-order valence-electron chi connectivity index (χ2n) is 4.36. The van der Waals surface area contributed by atoms with Gasteiger partial charge in [0.15, 0.2) is 0 Å². The van der Waals surface area contributed by atoms with Gasteiger partial charge in [-0.3, -0.25) is 0 Å². The molecule has 1 aliphatic rings. The van der Waals surface area contributed by atoms with E-state index in [1.165, 1.54) is 7.11 Å². The van der Waals surface area contributed by atoms with Gasteiger partial charge in [-0.05, 0) is 36.8 Å². The van der Waals surface area contributed by atoms with Gasteiger partial charge < -0.3 is 14.7 Å². The first-order valence-corrected chi connectivity index (χ1v) is 6.42. The van der Waals surface area contributed by atoms with Gasteiger partial charge in [-0.25, -0.2) is 0 Å². The van der Waals surface area contributed by atoms with Gasteiger partial charge in [-0.1, -0.05) is 0 Å². The highest BCUT2D eigenvalue weighted by Crippen LogP contribution is 2.24. The van der Waals surface area contributed by atoms with E-state index >= 15 is 0 Å². The molecular weight excluding hydrogens is 256 g/mol. The Morgan fingerprint density at radius 2 is 2.28 bits per heavy atom. The van der Waals surface area contributed by atoms with Crippen molar-refractivity contribution in [2.45, 2.75) is 19.3 Å². The Morgan fingerprint density at radius 1 is 1.44 bits per heavy atom. The van der Waals surface area contributed by atoms with Gasteiger partial charge >= 0.3 is 6.01 Å². The number of piperidine rings is 1. The molecule has 18 heavy (non-hydrogen) atoms. The third-order valence-electron chi connectivity index (χ3n) is 3.10. The maximum Gasteiger partial charge on any atom is 0.322 e. The fourth-order valence-corrected chi connectivity index (χ4v) is 2.37. The van der Waals surface area contributed by atoms with E-state index in [1.807, 2.05) is 0 Å². The lowest BCUT2D eigenvalue weighted by Crippen LogP contribution is -2.37. The Balaban J connectivity index is 2.12. The van der Waals surface area contributed by atoms with Crippen LogP contribution in [0.3, 0.4) is 0 Å². The van der Waals surface area contributed by atoms with Crippen molar-refractivity contribution < 1.29 is 9.84 Å². The zero-order valence-corrected chi connectivity index (χ0v) is 11.1. The zero-order chi connectivity index (χ0) is 13.0. The normalized spacial score (nSPS) is 19.9. The summed E-state index contributed by atoms with van der Waals surface area (Å²) in [7, 11) is 1.50. The molecule has 7 heteroatoms. The van der Waals surface area contributed by atoms with E-state index in [2.05, 4.69) is 19.9 Å². The summed E-state index contributed by atoms with van der Waals surface area (Å²) in [5.41, 5.74) is 0. The van der Waals surface area contributed by atoms with Crippen molar-refractivity contribution in [2.75, 3.05) is 31.7 Å². The third kappa shape index (κ3) is 3.20. The molecule has 1 atom stereocenters. The summed E-state index contributed by atoms with van der Waals surface area (Å²) >= 11 is 5.84. The fraction of sp³-hybridized carbons (Fsp3) is 0.727. The molecule has 0 spiro atoms. The molecule has 100 valence electrons. The van der Waals surface area contributed by atoms with Gasteiger partial charge in [0.2, 0.25) is 11.2 Å². The van der Waals surface area contributed by atoms with Crippen molar-refractivity contribution in [1.29, 1.82) is 0 Å². The smallest absolute Gasteiger partial charge is 0.322 e. The molecule has 1 aromatic heterocycles. The minimum absolute atomic E-state index is 0.140. The van der Waals surface area contributed by atoms with Crippen molar-refractivity contribution in [3.63, 3.8) is 0 Å². The molecule has 1 aromatic rings. The maximum atomic E-state index is 9.00. The van der Waals surface area contributed by atoms with E-state index < -0.39 is 0 Å². The second kappa shape index (κ2) is 6.15. The molecule has 0 radical (unpaired) electrons. The number of methoxy groups -OCH3 is 1. The number of rotatable bonds is 4. The van der Waals surface area contributed by atoms with Crippen LogP contribution in [0.15, 0.2) is 0 Å². The zero-order valence-electron chi connectivity index (χ0n) is 10.3. The second-order valence-corrected chi connectivity index (χ2v) is 4.70. The standard InChI is InChI=1S/C11H17ClN4O2/c1-18-11-14-9(12)13-10(15-11)16-5-2-3-8(7-16)4-6-17/h8,17H,2-7H2,1H3. The molecule has 0 amide bonds. The highest BCUT2D eigenvalue weighted by Gasteiger charge is 2.22. The lowest BCUT2D eigenvalue weighted by Gasteiger charge is -2.32. The molecule has 2 heterocycles. The highest BCUT2D eigenvalue weighted by atomic mass is 35.5. The van der Waals surface area contributed by atoms with Crippen LogP contribution in [0.25, 0.3) is 0 Å². The molecule has 1 N–H and O–H groups in total. The topological polar surface area (TPSA) is 71.4 Å². The first kappa shape index (κ1) is 13.3. The molecule has 1 unspecified atom stereocenters. The predicted molar refractivity (Wildman–Crippen MR) is 68.0 cm³/mol. The van der Waals surface area contributed by atoms with Gasteiger partial charge in [-0.2, -0.15) is 15.0 Å². The number of nitrogens with zero attached hydrogens (tertiary/aromatic N) is 4. The number of halogens is 1. The van der Waals surface area contributed by atoms with E-state index in [1.54, 1.807) is 0 Å². The molecule has 1 saturated heterocycles. The monoisotopic (exact) mass is 272 g/mol. The number of hydrogen-bond donors (Lipinski definition) is 1. The van der Waals surface area contributed by atoms with Gasteiger partial charge in [0.05, 0.1) is 7.11 Å². The quantitative estimate of drug-likeness (QED) is 0.886. The first-order valence-electron chi connectivity index (χ1n) is 6.04. The van der Waals surface area contributed by atoms with Crippen LogP contribution in [0.5, 0.6) is 6.01 Å². The minimum atomic E-state index is 0.140. The van der Waals surface area contributed by atoms with Crippen molar-refractivity contribution in [3.8, 4) is 6.01 Å². The molecular formula is C11H17ClN4O2. The number of aliphatic hydroxyl groups excluding tert-OH is 1. The maximum absolute atomic E-state index is 9.00. The number of aliphatic hydroxyl groups is 1. The van der Waals surface area contributed by atoms with E-state index in [-0.39, 0.29) is 17.9 Å². The van der Waals surface area contributed by atoms with Crippen molar-refractivity contribution in [1.82, 2.24) is 15.0 Å². The molecule has 0 saturated carbocycles. The summed E-state index contributed by atoms with van der Waals surface area (Å²) < 4.78 is 4.99. The largest absolute Gasteiger partial charge is 0.467 e. The molecule has 1 fully saturated rings.